The van der Waals surface area contributed by atoms with Crippen LogP contribution in [0.5, 0.6) is 5.75 Å². The number of aromatic nitrogens is 1. The second kappa shape index (κ2) is 8.74. The Hall–Kier alpha value is -2.50. The summed E-state index contributed by atoms with van der Waals surface area (Å²) in [5, 5.41) is 6.06. The largest absolute Gasteiger partial charge is 0.492 e. The Morgan fingerprint density at radius 3 is 2.92 bits per heavy atom. The number of amides is 1. The van der Waals surface area contributed by atoms with Crippen LogP contribution in [0, 0.1) is 0 Å². The summed E-state index contributed by atoms with van der Waals surface area (Å²) >= 11 is 11.8. The summed E-state index contributed by atoms with van der Waals surface area (Å²) < 4.78 is 5.54. The standard InChI is InChI=1S/C19H17Cl2N3O2/c20-14-7-8-18(16(21)10-14)26-9-3-6-19(25)24-23-12-13-11-22-17-5-2-1-4-15(13)17/h1-2,4-5,7-8,10-12,22H,3,6,9H2,(H,24,25)/b23-12-. The highest BCUT2D eigenvalue weighted by molar-refractivity contribution is 6.35. The van der Waals surface area contributed by atoms with Crippen molar-refractivity contribution in [2.45, 2.75) is 12.8 Å². The molecule has 0 unspecified atom stereocenters. The Morgan fingerprint density at radius 2 is 2.08 bits per heavy atom. The first-order valence-corrected chi connectivity index (χ1v) is 8.85. The zero-order chi connectivity index (χ0) is 18.4. The second-order valence-corrected chi connectivity index (χ2v) is 6.45. The van der Waals surface area contributed by atoms with E-state index in [1.807, 2.05) is 30.5 Å². The quantitative estimate of drug-likeness (QED) is 0.346. The van der Waals surface area contributed by atoms with E-state index in [0.29, 0.717) is 35.2 Å². The molecule has 0 bridgehead atoms. The Morgan fingerprint density at radius 1 is 1.23 bits per heavy atom. The molecule has 0 aliphatic carbocycles. The summed E-state index contributed by atoms with van der Waals surface area (Å²) in [5.74, 6) is 0.376. The number of nitrogens with one attached hydrogen (secondary N) is 2. The molecular formula is C19H17Cl2N3O2. The molecule has 134 valence electrons. The summed E-state index contributed by atoms with van der Waals surface area (Å²) in [6.45, 7) is 0.376. The normalized spacial score (nSPS) is 11.2. The van der Waals surface area contributed by atoms with E-state index in [2.05, 4.69) is 15.5 Å². The molecule has 5 nitrogen and oxygen atoms in total. The lowest BCUT2D eigenvalue weighted by Gasteiger charge is -2.07. The first kappa shape index (κ1) is 18.3. The Labute approximate surface area is 161 Å². The smallest absolute Gasteiger partial charge is 0.240 e. The van der Waals surface area contributed by atoms with Crippen molar-refractivity contribution in [3.63, 3.8) is 0 Å². The molecular weight excluding hydrogens is 373 g/mol. The number of benzene rings is 2. The molecule has 26 heavy (non-hydrogen) atoms. The van der Waals surface area contributed by atoms with Crippen LogP contribution in [0.2, 0.25) is 10.0 Å². The number of halogens is 2. The van der Waals surface area contributed by atoms with Crippen molar-refractivity contribution in [2.24, 2.45) is 5.10 Å². The summed E-state index contributed by atoms with van der Waals surface area (Å²) in [6, 6.07) is 12.9. The maximum Gasteiger partial charge on any atom is 0.240 e. The van der Waals surface area contributed by atoms with Gasteiger partial charge in [-0.2, -0.15) is 5.10 Å². The Balaban J connectivity index is 1.41. The van der Waals surface area contributed by atoms with Crippen LogP contribution in [0.25, 0.3) is 10.9 Å². The van der Waals surface area contributed by atoms with E-state index in [9.17, 15) is 4.79 Å². The minimum absolute atomic E-state index is 0.174. The van der Waals surface area contributed by atoms with Crippen molar-refractivity contribution in [3.05, 3.63) is 64.3 Å². The number of hydrazone groups is 1. The number of aromatic amines is 1. The third-order valence-corrected chi connectivity index (χ3v) is 4.24. The number of hydrogen-bond donors (Lipinski definition) is 2. The van der Waals surface area contributed by atoms with Crippen molar-refractivity contribution in [2.75, 3.05) is 6.61 Å². The number of ether oxygens (including phenoxy) is 1. The van der Waals surface area contributed by atoms with E-state index in [1.54, 1.807) is 24.4 Å². The second-order valence-electron chi connectivity index (χ2n) is 5.61. The molecule has 0 spiro atoms. The summed E-state index contributed by atoms with van der Waals surface area (Å²) in [7, 11) is 0. The minimum Gasteiger partial charge on any atom is -0.492 e. The predicted molar refractivity (Wildman–Crippen MR) is 105 cm³/mol. The van der Waals surface area contributed by atoms with Gasteiger partial charge < -0.3 is 9.72 Å². The van der Waals surface area contributed by atoms with Crippen LogP contribution in [0.3, 0.4) is 0 Å². The lowest BCUT2D eigenvalue weighted by atomic mass is 10.2. The highest BCUT2D eigenvalue weighted by atomic mass is 35.5. The van der Waals surface area contributed by atoms with Gasteiger partial charge in [0.1, 0.15) is 5.75 Å². The number of carbonyl (C=O) groups excluding carboxylic acids is 1. The van der Waals surface area contributed by atoms with Crippen LogP contribution < -0.4 is 10.2 Å². The topological polar surface area (TPSA) is 66.5 Å². The van der Waals surface area contributed by atoms with Crippen LogP contribution in [-0.4, -0.2) is 23.7 Å². The fraction of sp³-hybridized carbons (Fsp3) is 0.158. The molecule has 0 atom stereocenters. The molecule has 0 fully saturated rings. The fourth-order valence-electron chi connectivity index (χ4n) is 2.44. The van der Waals surface area contributed by atoms with Crippen molar-refractivity contribution >= 4 is 46.2 Å². The zero-order valence-corrected chi connectivity index (χ0v) is 15.3. The number of para-hydroxylation sites is 1. The van der Waals surface area contributed by atoms with Gasteiger partial charge in [-0.05, 0) is 30.7 Å². The number of hydrogen-bond acceptors (Lipinski definition) is 3. The highest BCUT2D eigenvalue weighted by Crippen LogP contribution is 2.27. The van der Waals surface area contributed by atoms with Crippen molar-refractivity contribution < 1.29 is 9.53 Å². The number of rotatable bonds is 7. The third kappa shape index (κ3) is 4.77. The summed E-state index contributed by atoms with van der Waals surface area (Å²) in [5.41, 5.74) is 4.47. The molecule has 2 N–H and O–H groups in total. The fourth-order valence-corrected chi connectivity index (χ4v) is 2.90. The molecule has 1 aromatic heterocycles. The first-order chi connectivity index (χ1) is 12.6. The van der Waals surface area contributed by atoms with Gasteiger partial charge >= 0.3 is 0 Å². The average Bonchev–Trinajstić information content (AvgIpc) is 3.03. The van der Waals surface area contributed by atoms with Gasteiger partial charge in [-0.1, -0.05) is 41.4 Å². The van der Waals surface area contributed by atoms with Crippen LogP contribution in [0.4, 0.5) is 0 Å². The molecule has 3 rings (SSSR count). The molecule has 0 radical (unpaired) electrons. The summed E-state index contributed by atoms with van der Waals surface area (Å²) in [6.07, 6.45) is 4.33. The first-order valence-electron chi connectivity index (χ1n) is 8.09. The minimum atomic E-state index is -0.174. The van der Waals surface area contributed by atoms with Gasteiger partial charge in [0, 0.05) is 34.1 Å². The average molecular weight is 390 g/mol. The Bertz CT molecular complexity index is 937. The van der Waals surface area contributed by atoms with Gasteiger partial charge in [0.15, 0.2) is 0 Å². The van der Waals surface area contributed by atoms with Gasteiger partial charge in [-0.25, -0.2) is 5.43 Å². The van der Waals surface area contributed by atoms with Gasteiger partial charge in [0.2, 0.25) is 5.91 Å². The van der Waals surface area contributed by atoms with E-state index < -0.39 is 0 Å². The van der Waals surface area contributed by atoms with Gasteiger partial charge in [0.05, 0.1) is 17.8 Å². The number of H-pyrrole nitrogens is 1. The lowest BCUT2D eigenvalue weighted by Crippen LogP contribution is -2.18. The molecule has 2 aromatic carbocycles. The molecule has 0 saturated heterocycles. The van der Waals surface area contributed by atoms with Crippen LogP contribution in [0.1, 0.15) is 18.4 Å². The number of nitrogens with zero attached hydrogens (tertiary/aromatic N) is 1. The van der Waals surface area contributed by atoms with Crippen LogP contribution in [-0.2, 0) is 4.79 Å². The monoisotopic (exact) mass is 389 g/mol. The van der Waals surface area contributed by atoms with Gasteiger partial charge in [-0.3, -0.25) is 4.79 Å². The molecule has 3 aromatic rings. The van der Waals surface area contributed by atoms with E-state index in [1.165, 1.54) is 0 Å². The van der Waals surface area contributed by atoms with E-state index in [0.717, 1.165) is 16.5 Å². The maximum absolute atomic E-state index is 11.8. The van der Waals surface area contributed by atoms with E-state index in [-0.39, 0.29) is 5.91 Å². The van der Waals surface area contributed by atoms with Crippen molar-refractivity contribution in [3.8, 4) is 5.75 Å². The summed E-state index contributed by atoms with van der Waals surface area (Å²) in [4.78, 5) is 15.0. The molecule has 1 heterocycles. The van der Waals surface area contributed by atoms with E-state index in [4.69, 9.17) is 27.9 Å². The van der Waals surface area contributed by atoms with Crippen LogP contribution >= 0.6 is 23.2 Å². The molecule has 7 heteroatoms. The predicted octanol–water partition coefficient (Wildman–Crippen LogP) is 4.78. The van der Waals surface area contributed by atoms with Gasteiger partial charge in [0.25, 0.3) is 0 Å². The van der Waals surface area contributed by atoms with Gasteiger partial charge in [-0.15, -0.1) is 0 Å². The lowest BCUT2D eigenvalue weighted by molar-refractivity contribution is -0.121. The number of carbonyl (C=O) groups is 1. The van der Waals surface area contributed by atoms with Crippen molar-refractivity contribution in [1.29, 1.82) is 0 Å². The highest BCUT2D eigenvalue weighted by Gasteiger charge is 2.04. The molecule has 0 aliphatic heterocycles. The van der Waals surface area contributed by atoms with E-state index >= 15 is 0 Å². The number of fused-ring (bicyclic) bond motifs is 1. The zero-order valence-electron chi connectivity index (χ0n) is 13.8. The SMILES string of the molecule is O=C(CCCOc1ccc(Cl)cc1Cl)N/N=C\c1c[nH]c2ccccc12. The van der Waals surface area contributed by atoms with Crippen molar-refractivity contribution in [1.82, 2.24) is 10.4 Å². The molecule has 0 saturated carbocycles. The molecule has 0 aliphatic rings. The Kier molecular flexibility index (Phi) is 6.15. The maximum atomic E-state index is 11.8. The molecule has 1 amide bonds. The third-order valence-electron chi connectivity index (χ3n) is 3.71. The van der Waals surface area contributed by atoms with Crippen LogP contribution in [0.15, 0.2) is 53.8 Å².